The van der Waals surface area contributed by atoms with E-state index in [0.29, 0.717) is 5.92 Å². The van der Waals surface area contributed by atoms with E-state index in [4.69, 9.17) is 4.74 Å². The molecule has 2 rings (SSSR count). The van der Waals surface area contributed by atoms with Crippen LogP contribution in [0.4, 0.5) is 0 Å². The van der Waals surface area contributed by atoms with Gasteiger partial charge in [-0.25, -0.2) is 0 Å². The molecule has 100 valence electrons. The molecule has 0 aliphatic carbocycles. The Morgan fingerprint density at radius 1 is 1.28 bits per heavy atom. The van der Waals surface area contributed by atoms with Crippen molar-refractivity contribution in [3.63, 3.8) is 0 Å². The van der Waals surface area contributed by atoms with Gasteiger partial charge in [-0.3, -0.25) is 0 Å². The molecule has 3 heteroatoms. The van der Waals surface area contributed by atoms with Crippen LogP contribution in [0.25, 0.3) is 0 Å². The van der Waals surface area contributed by atoms with Crippen molar-refractivity contribution < 1.29 is 4.74 Å². The van der Waals surface area contributed by atoms with Crippen LogP contribution >= 0.6 is 0 Å². The van der Waals surface area contributed by atoms with Crippen molar-refractivity contribution in [3.05, 3.63) is 29.3 Å². The normalized spacial score (nSPS) is 24.3. The fourth-order valence-corrected chi connectivity index (χ4v) is 2.56. The highest BCUT2D eigenvalue weighted by molar-refractivity contribution is 5.42. The fourth-order valence-electron chi connectivity index (χ4n) is 2.56. The quantitative estimate of drug-likeness (QED) is 0.860. The summed E-state index contributed by atoms with van der Waals surface area (Å²) in [6, 6.07) is 6.54. The standard InChI is InChI=1S/C15H24N2O/c1-11(2)13-9-12(5-6-14(13)18-4)15(3)10-16-7-8-17-15/h5-6,9,11,16-17H,7-8,10H2,1-4H3. The minimum Gasteiger partial charge on any atom is -0.496 e. The van der Waals surface area contributed by atoms with E-state index in [9.17, 15) is 0 Å². The molecule has 3 nitrogen and oxygen atoms in total. The lowest BCUT2D eigenvalue weighted by Crippen LogP contribution is -2.55. The summed E-state index contributed by atoms with van der Waals surface area (Å²) >= 11 is 0. The number of hydrogen-bond donors (Lipinski definition) is 2. The van der Waals surface area contributed by atoms with E-state index in [1.807, 2.05) is 0 Å². The zero-order chi connectivity index (χ0) is 13.2. The summed E-state index contributed by atoms with van der Waals surface area (Å²) in [5, 5.41) is 7.07. The van der Waals surface area contributed by atoms with Gasteiger partial charge in [-0.2, -0.15) is 0 Å². The Labute approximate surface area is 110 Å². The summed E-state index contributed by atoms with van der Waals surface area (Å²) in [5.41, 5.74) is 2.64. The Balaban J connectivity index is 2.36. The van der Waals surface area contributed by atoms with Gasteiger partial charge in [0.15, 0.2) is 0 Å². The first-order valence-corrected chi connectivity index (χ1v) is 6.71. The smallest absolute Gasteiger partial charge is 0.122 e. The summed E-state index contributed by atoms with van der Waals surface area (Å²) in [7, 11) is 1.74. The van der Waals surface area contributed by atoms with Crippen LogP contribution in [0.5, 0.6) is 5.75 Å². The molecule has 0 saturated carbocycles. The maximum atomic E-state index is 5.45. The van der Waals surface area contributed by atoms with Gasteiger partial charge in [-0.1, -0.05) is 19.9 Å². The Morgan fingerprint density at radius 2 is 2.06 bits per heavy atom. The van der Waals surface area contributed by atoms with Gasteiger partial charge in [0.25, 0.3) is 0 Å². The van der Waals surface area contributed by atoms with Crippen molar-refractivity contribution in [1.82, 2.24) is 10.6 Å². The van der Waals surface area contributed by atoms with E-state index in [1.54, 1.807) is 7.11 Å². The third-order valence-corrected chi connectivity index (χ3v) is 3.78. The molecule has 1 aliphatic rings. The van der Waals surface area contributed by atoms with Gasteiger partial charge in [-0.05, 0) is 36.1 Å². The predicted molar refractivity (Wildman–Crippen MR) is 75.3 cm³/mol. The number of nitrogens with one attached hydrogen (secondary N) is 2. The maximum Gasteiger partial charge on any atom is 0.122 e. The number of benzene rings is 1. The Morgan fingerprint density at radius 3 is 2.61 bits per heavy atom. The van der Waals surface area contributed by atoms with E-state index >= 15 is 0 Å². The molecule has 1 heterocycles. The molecule has 1 aromatic carbocycles. The molecule has 1 aromatic rings. The van der Waals surface area contributed by atoms with Crippen LogP contribution in [0.3, 0.4) is 0 Å². The zero-order valence-electron chi connectivity index (χ0n) is 11.8. The van der Waals surface area contributed by atoms with Crippen molar-refractivity contribution in [2.24, 2.45) is 0 Å². The molecule has 1 aliphatic heterocycles. The Kier molecular flexibility index (Phi) is 3.93. The van der Waals surface area contributed by atoms with Crippen LogP contribution in [-0.2, 0) is 5.54 Å². The van der Waals surface area contributed by atoms with Crippen LogP contribution in [0.15, 0.2) is 18.2 Å². The van der Waals surface area contributed by atoms with Crippen molar-refractivity contribution in [3.8, 4) is 5.75 Å². The van der Waals surface area contributed by atoms with Crippen LogP contribution in [0, 0.1) is 0 Å². The van der Waals surface area contributed by atoms with Gasteiger partial charge in [0.1, 0.15) is 5.75 Å². The lowest BCUT2D eigenvalue weighted by atomic mass is 9.87. The van der Waals surface area contributed by atoms with Gasteiger partial charge in [0.2, 0.25) is 0 Å². The van der Waals surface area contributed by atoms with Crippen molar-refractivity contribution in [2.75, 3.05) is 26.7 Å². The van der Waals surface area contributed by atoms with Crippen molar-refractivity contribution >= 4 is 0 Å². The molecular weight excluding hydrogens is 224 g/mol. The van der Waals surface area contributed by atoms with Gasteiger partial charge in [-0.15, -0.1) is 0 Å². The monoisotopic (exact) mass is 248 g/mol. The lowest BCUT2D eigenvalue weighted by molar-refractivity contribution is 0.302. The summed E-state index contributed by atoms with van der Waals surface area (Å²) in [4.78, 5) is 0. The molecule has 1 unspecified atom stereocenters. The molecule has 0 bridgehead atoms. The van der Waals surface area contributed by atoms with Crippen LogP contribution in [0.2, 0.25) is 0 Å². The van der Waals surface area contributed by atoms with Gasteiger partial charge >= 0.3 is 0 Å². The second-order valence-corrected chi connectivity index (χ2v) is 5.55. The maximum absolute atomic E-state index is 5.45. The lowest BCUT2D eigenvalue weighted by Gasteiger charge is -2.36. The average molecular weight is 248 g/mol. The SMILES string of the molecule is COc1ccc(C2(C)CNCCN2)cc1C(C)C. The molecular formula is C15H24N2O. The molecule has 2 N–H and O–H groups in total. The van der Waals surface area contributed by atoms with Gasteiger partial charge in [0, 0.05) is 19.6 Å². The van der Waals surface area contributed by atoms with Crippen LogP contribution in [-0.4, -0.2) is 26.7 Å². The molecule has 1 atom stereocenters. The van der Waals surface area contributed by atoms with Crippen molar-refractivity contribution in [2.45, 2.75) is 32.2 Å². The molecule has 1 saturated heterocycles. The largest absolute Gasteiger partial charge is 0.496 e. The number of rotatable bonds is 3. The molecule has 0 radical (unpaired) electrons. The first-order valence-electron chi connectivity index (χ1n) is 6.71. The van der Waals surface area contributed by atoms with E-state index in [1.165, 1.54) is 11.1 Å². The van der Waals surface area contributed by atoms with Crippen LogP contribution < -0.4 is 15.4 Å². The van der Waals surface area contributed by atoms with E-state index in [-0.39, 0.29) is 5.54 Å². The van der Waals surface area contributed by atoms with Gasteiger partial charge < -0.3 is 15.4 Å². The molecule has 1 fully saturated rings. The van der Waals surface area contributed by atoms with E-state index < -0.39 is 0 Å². The highest BCUT2D eigenvalue weighted by atomic mass is 16.5. The summed E-state index contributed by atoms with van der Waals surface area (Å²) < 4.78 is 5.45. The van der Waals surface area contributed by atoms with E-state index in [2.05, 4.69) is 49.6 Å². The topological polar surface area (TPSA) is 33.3 Å². The van der Waals surface area contributed by atoms with Crippen LogP contribution in [0.1, 0.15) is 37.8 Å². The van der Waals surface area contributed by atoms with Gasteiger partial charge in [0.05, 0.1) is 12.6 Å². The highest BCUT2D eigenvalue weighted by Crippen LogP contribution is 2.31. The number of piperazine rings is 1. The first kappa shape index (κ1) is 13.4. The fraction of sp³-hybridized carbons (Fsp3) is 0.600. The molecule has 0 spiro atoms. The average Bonchev–Trinajstić information content (AvgIpc) is 2.38. The van der Waals surface area contributed by atoms with Crippen molar-refractivity contribution in [1.29, 1.82) is 0 Å². The second-order valence-electron chi connectivity index (χ2n) is 5.55. The predicted octanol–water partition coefficient (Wildman–Crippen LogP) is 2.23. The number of methoxy groups -OCH3 is 1. The minimum absolute atomic E-state index is 0.0220. The summed E-state index contributed by atoms with van der Waals surface area (Å²) in [6.07, 6.45) is 0. The summed E-state index contributed by atoms with van der Waals surface area (Å²) in [5.74, 6) is 1.46. The third kappa shape index (κ3) is 2.52. The third-order valence-electron chi connectivity index (χ3n) is 3.78. The zero-order valence-corrected chi connectivity index (χ0v) is 11.8. The molecule has 18 heavy (non-hydrogen) atoms. The second kappa shape index (κ2) is 5.29. The number of hydrogen-bond acceptors (Lipinski definition) is 3. The minimum atomic E-state index is 0.0220. The molecule has 0 amide bonds. The highest BCUT2D eigenvalue weighted by Gasteiger charge is 2.28. The van der Waals surface area contributed by atoms with E-state index in [0.717, 1.165) is 25.4 Å². The Hall–Kier alpha value is -1.06. The Bertz CT molecular complexity index is 409. The number of ether oxygens (including phenoxy) is 1. The first-order chi connectivity index (χ1) is 8.57. The summed E-state index contributed by atoms with van der Waals surface area (Å²) in [6.45, 7) is 9.69. The molecule has 0 aromatic heterocycles.